The molecule has 2 N–H and O–H groups in total. The summed E-state index contributed by atoms with van der Waals surface area (Å²) in [6, 6.07) is 0. The van der Waals surface area contributed by atoms with Crippen molar-refractivity contribution in [2.45, 2.75) is 20.3 Å². The van der Waals surface area contributed by atoms with Crippen molar-refractivity contribution in [3.63, 3.8) is 0 Å². The van der Waals surface area contributed by atoms with E-state index in [1.54, 1.807) is 6.92 Å². The molecule has 0 aliphatic carbocycles. The second kappa shape index (κ2) is 2.74. The van der Waals surface area contributed by atoms with Gasteiger partial charge in [0, 0.05) is 12.1 Å². The van der Waals surface area contributed by atoms with E-state index in [2.05, 4.69) is 9.97 Å². The fourth-order valence-corrected chi connectivity index (χ4v) is 0.898. The molecule has 0 spiro atoms. The topological polar surface area (TPSA) is 66.0 Å². The first kappa shape index (κ1) is 7.78. The number of nitrogens with zero attached hydrogens (tertiary/aromatic N) is 1. The number of rotatable bonds is 2. The number of aryl methyl sites for hydroxylation is 2. The number of carboxylic acid groups (broad SMARTS) is 1. The van der Waals surface area contributed by atoms with Crippen LogP contribution in [0.1, 0.15) is 28.9 Å². The van der Waals surface area contributed by atoms with Gasteiger partial charge >= 0.3 is 5.97 Å². The van der Waals surface area contributed by atoms with E-state index < -0.39 is 5.97 Å². The van der Waals surface area contributed by atoms with Crippen LogP contribution < -0.4 is 0 Å². The van der Waals surface area contributed by atoms with Crippen molar-refractivity contribution < 1.29 is 9.90 Å². The number of aromatic nitrogens is 2. The molecular weight excluding hydrogens is 144 g/mol. The number of H-pyrrole nitrogens is 1. The smallest absolute Gasteiger partial charge is 0.356 e. The van der Waals surface area contributed by atoms with Crippen LogP contribution in [0.2, 0.25) is 0 Å². The Morgan fingerprint density at radius 1 is 1.73 bits per heavy atom. The number of carboxylic acids is 1. The third-order valence-corrected chi connectivity index (χ3v) is 1.47. The maximum absolute atomic E-state index is 10.5. The molecule has 0 aliphatic heterocycles. The molecule has 1 heterocycles. The Hall–Kier alpha value is -1.32. The van der Waals surface area contributed by atoms with Crippen LogP contribution in [0.25, 0.3) is 0 Å². The normalized spacial score (nSPS) is 10.0. The highest BCUT2D eigenvalue weighted by atomic mass is 16.4. The molecule has 0 fully saturated rings. The van der Waals surface area contributed by atoms with Crippen molar-refractivity contribution in [3.8, 4) is 0 Å². The molecular formula is C7H10N2O2. The molecule has 0 atom stereocenters. The second-order valence-corrected chi connectivity index (χ2v) is 2.32. The summed E-state index contributed by atoms with van der Waals surface area (Å²) >= 11 is 0. The number of aromatic carboxylic acids is 1. The first-order valence-electron chi connectivity index (χ1n) is 3.44. The van der Waals surface area contributed by atoms with Crippen LogP contribution in [-0.2, 0) is 6.42 Å². The zero-order chi connectivity index (χ0) is 8.43. The molecule has 0 saturated heterocycles. The summed E-state index contributed by atoms with van der Waals surface area (Å²) in [4.78, 5) is 17.2. The molecule has 0 amide bonds. The minimum Gasteiger partial charge on any atom is -0.476 e. The molecule has 11 heavy (non-hydrogen) atoms. The molecule has 60 valence electrons. The number of hydrogen-bond donors (Lipinski definition) is 2. The average molecular weight is 154 g/mol. The molecule has 0 bridgehead atoms. The predicted molar refractivity (Wildman–Crippen MR) is 39.7 cm³/mol. The van der Waals surface area contributed by atoms with Gasteiger partial charge in [-0.2, -0.15) is 0 Å². The van der Waals surface area contributed by atoms with E-state index in [1.165, 1.54) is 0 Å². The van der Waals surface area contributed by atoms with Crippen molar-refractivity contribution in [2.75, 3.05) is 0 Å². The van der Waals surface area contributed by atoms with Gasteiger partial charge in [-0.3, -0.25) is 0 Å². The number of hydrogen-bond acceptors (Lipinski definition) is 2. The van der Waals surface area contributed by atoms with Gasteiger partial charge < -0.3 is 10.1 Å². The summed E-state index contributed by atoms with van der Waals surface area (Å²) in [6.07, 6.45) is 0.730. The van der Waals surface area contributed by atoms with Gasteiger partial charge in [0.25, 0.3) is 0 Å². The Bertz CT molecular complexity index is 278. The highest BCUT2D eigenvalue weighted by Gasteiger charge is 2.11. The first-order valence-corrected chi connectivity index (χ1v) is 3.44. The Morgan fingerprint density at radius 2 is 2.36 bits per heavy atom. The Labute approximate surface area is 64.3 Å². The number of carbonyl (C=O) groups is 1. The van der Waals surface area contributed by atoms with Crippen LogP contribution in [-0.4, -0.2) is 21.0 Å². The zero-order valence-electron chi connectivity index (χ0n) is 6.51. The van der Waals surface area contributed by atoms with Gasteiger partial charge in [-0.05, 0) is 6.92 Å². The highest BCUT2D eigenvalue weighted by Crippen LogP contribution is 2.04. The van der Waals surface area contributed by atoms with Gasteiger partial charge in [-0.25, -0.2) is 9.78 Å². The summed E-state index contributed by atoms with van der Waals surface area (Å²) in [5.41, 5.74) is 0.746. The van der Waals surface area contributed by atoms with E-state index in [0.717, 1.165) is 12.2 Å². The van der Waals surface area contributed by atoms with Crippen molar-refractivity contribution in [3.05, 3.63) is 17.2 Å². The van der Waals surface area contributed by atoms with Crippen molar-refractivity contribution in [2.24, 2.45) is 0 Å². The van der Waals surface area contributed by atoms with Crippen LogP contribution in [0, 0.1) is 6.92 Å². The average Bonchev–Trinajstić information content (AvgIpc) is 2.30. The second-order valence-electron chi connectivity index (χ2n) is 2.32. The first-order chi connectivity index (χ1) is 5.15. The molecule has 4 nitrogen and oxygen atoms in total. The van der Waals surface area contributed by atoms with E-state index >= 15 is 0 Å². The Balaban J connectivity index is 3.07. The summed E-state index contributed by atoms with van der Waals surface area (Å²) < 4.78 is 0. The monoisotopic (exact) mass is 154 g/mol. The van der Waals surface area contributed by atoms with Gasteiger partial charge in [0.15, 0.2) is 5.69 Å². The van der Waals surface area contributed by atoms with Crippen LogP contribution in [0.4, 0.5) is 0 Å². The van der Waals surface area contributed by atoms with Gasteiger partial charge in [0.1, 0.15) is 5.82 Å². The van der Waals surface area contributed by atoms with Crippen molar-refractivity contribution in [1.29, 1.82) is 0 Å². The molecule has 0 aliphatic rings. The summed E-state index contributed by atoms with van der Waals surface area (Å²) in [5.74, 6) is -0.252. The summed E-state index contributed by atoms with van der Waals surface area (Å²) in [5, 5.41) is 8.59. The standard InChI is InChI=1S/C7H10N2O2/c1-3-5-8-4(2)6(9-5)7(10)11/h3H2,1-2H3,(H,8,9)(H,10,11). The molecule has 0 unspecified atom stereocenters. The zero-order valence-corrected chi connectivity index (χ0v) is 6.51. The van der Waals surface area contributed by atoms with Gasteiger partial charge in [0.2, 0.25) is 0 Å². The lowest BCUT2D eigenvalue weighted by Crippen LogP contribution is -1.98. The van der Waals surface area contributed by atoms with E-state index in [-0.39, 0.29) is 5.69 Å². The van der Waals surface area contributed by atoms with Crippen LogP contribution in [0.15, 0.2) is 0 Å². The van der Waals surface area contributed by atoms with Gasteiger partial charge in [0.05, 0.1) is 0 Å². The molecule has 4 heteroatoms. The number of aromatic amines is 1. The quantitative estimate of drug-likeness (QED) is 0.667. The molecule has 0 saturated carbocycles. The lowest BCUT2D eigenvalue weighted by molar-refractivity contribution is 0.0690. The minimum absolute atomic E-state index is 0.127. The lowest BCUT2D eigenvalue weighted by atomic mass is 10.4. The Morgan fingerprint density at radius 3 is 2.64 bits per heavy atom. The van der Waals surface area contributed by atoms with E-state index in [9.17, 15) is 4.79 Å². The predicted octanol–water partition coefficient (Wildman–Crippen LogP) is 0.979. The molecule has 1 rings (SSSR count). The van der Waals surface area contributed by atoms with Crippen molar-refractivity contribution >= 4 is 5.97 Å². The maximum atomic E-state index is 10.5. The van der Waals surface area contributed by atoms with Gasteiger partial charge in [-0.1, -0.05) is 6.92 Å². The van der Waals surface area contributed by atoms with E-state index in [0.29, 0.717) is 5.69 Å². The SMILES string of the molecule is CCc1nc(C(=O)O)c(C)[nH]1. The third kappa shape index (κ3) is 1.39. The summed E-state index contributed by atoms with van der Waals surface area (Å²) in [7, 11) is 0. The molecule has 1 aromatic heterocycles. The fourth-order valence-electron chi connectivity index (χ4n) is 0.898. The van der Waals surface area contributed by atoms with Crippen molar-refractivity contribution in [1.82, 2.24) is 9.97 Å². The Kier molecular flexibility index (Phi) is 1.94. The number of nitrogens with one attached hydrogen (secondary N) is 1. The molecule has 1 aromatic rings. The fraction of sp³-hybridized carbons (Fsp3) is 0.429. The maximum Gasteiger partial charge on any atom is 0.356 e. The number of imidazole rings is 1. The largest absolute Gasteiger partial charge is 0.476 e. The molecule has 0 aromatic carbocycles. The van der Waals surface area contributed by atoms with Crippen LogP contribution in [0.3, 0.4) is 0 Å². The van der Waals surface area contributed by atoms with Crippen LogP contribution >= 0.6 is 0 Å². The van der Waals surface area contributed by atoms with Crippen LogP contribution in [0.5, 0.6) is 0 Å². The summed E-state index contributed by atoms with van der Waals surface area (Å²) in [6.45, 7) is 3.62. The highest BCUT2D eigenvalue weighted by molar-refractivity contribution is 5.86. The lowest BCUT2D eigenvalue weighted by Gasteiger charge is -1.84. The third-order valence-electron chi connectivity index (χ3n) is 1.47. The van der Waals surface area contributed by atoms with E-state index in [1.807, 2.05) is 6.92 Å². The van der Waals surface area contributed by atoms with Gasteiger partial charge in [-0.15, -0.1) is 0 Å². The van der Waals surface area contributed by atoms with E-state index in [4.69, 9.17) is 5.11 Å². The molecule has 0 radical (unpaired) electrons. The minimum atomic E-state index is -0.974.